The van der Waals surface area contributed by atoms with Crippen molar-refractivity contribution in [3.63, 3.8) is 0 Å². The summed E-state index contributed by atoms with van der Waals surface area (Å²) in [4.78, 5) is -0.763. The van der Waals surface area contributed by atoms with Crippen molar-refractivity contribution in [2.75, 3.05) is 13.1 Å². The summed E-state index contributed by atoms with van der Waals surface area (Å²) in [5.41, 5.74) is 3.81. The van der Waals surface area contributed by atoms with Gasteiger partial charge in [-0.25, -0.2) is 13.1 Å². The molecule has 0 spiro atoms. The van der Waals surface area contributed by atoms with Crippen LogP contribution in [0, 0.1) is 5.41 Å². The summed E-state index contributed by atoms with van der Waals surface area (Å²) in [7, 11) is -4.24. The third-order valence-electron chi connectivity index (χ3n) is 3.04. The fourth-order valence-electron chi connectivity index (χ4n) is 1.78. The lowest BCUT2D eigenvalue weighted by Gasteiger charge is -2.24. The summed E-state index contributed by atoms with van der Waals surface area (Å²) < 4.78 is 65.0. The third-order valence-corrected chi connectivity index (χ3v) is 4.50. The smallest absolute Gasteiger partial charge is 0.330 e. The molecule has 1 aromatic rings. The molecule has 0 fully saturated rings. The molecule has 0 aliphatic rings. The highest BCUT2D eigenvalue weighted by Gasteiger charge is 2.37. The first kappa shape index (κ1) is 17.9. The Kier molecular flexibility index (Phi) is 5.40. The van der Waals surface area contributed by atoms with Gasteiger partial charge in [-0.15, -0.1) is 0 Å². The van der Waals surface area contributed by atoms with E-state index in [9.17, 15) is 21.6 Å². The number of sulfonamides is 1. The predicted molar refractivity (Wildman–Crippen MR) is 74.1 cm³/mol. The predicted octanol–water partition coefficient (Wildman–Crippen LogP) is 2.36. The van der Waals surface area contributed by atoms with Crippen molar-refractivity contribution < 1.29 is 21.6 Å². The van der Waals surface area contributed by atoms with Crippen LogP contribution in [0.2, 0.25) is 0 Å². The largest absolute Gasteiger partial charge is 0.417 e. The molecule has 1 rings (SSSR count). The lowest BCUT2D eigenvalue weighted by Crippen LogP contribution is -2.36. The monoisotopic (exact) mass is 324 g/mol. The van der Waals surface area contributed by atoms with Crippen LogP contribution in [-0.4, -0.2) is 21.5 Å². The minimum Gasteiger partial charge on any atom is -0.330 e. The Bertz CT molecular complexity index is 583. The third kappa shape index (κ3) is 4.98. The van der Waals surface area contributed by atoms with Gasteiger partial charge in [0.1, 0.15) is 0 Å². The molecule has 1 aromatic carbocycles. The minimum absolute atomic E-state index is 0.0126. The molecular weight excluding hydrogens is 305 g/mol. The molecule has 0 saturated heterocycles. The number of hydrogen-bond acceptors (Lipinski definition) is 3. The van der Waals surface area contributed by atoms with E-state index in [1.165, 1.54) is 6.07 Å². The van der Waals surface area contributed by atoms with Crippen LogP contribution in [0.5, 0.6) is 0 Å². The van der Waals surface area contributed by atoms with E-state index >= 15 is 0 Å². The number of hydrogen-bond donors (Lipinski definition) is 2. The van der Waals surface area contributed by atoms with Gasteiger partial charge in [0.05, 0.1) is 10.5 Å². The van der Waals surface area contributed by atoms with Crippen molar-refractivity contribution >= 4 is 10.0 Å². The fourth-order valence-corrected chi connectivity index (χ4v) is 3.25. The Hall–Kier alpha value is -1.12. The van der Waals surface area contributed by atoms with E-state index in [1.54, 1.807) is 13.8 Å². The van der Waals surface area contributed by atoms with E-state index < -0.39 is 32.1 Å². The number of nitrogens with two attached hydrogens (primary N) is 1. The zero-order chi connectivity index (χ0) is 16.3. The van der Waals surface area contributed by atoms with Crippen LogP contribution in [0.4, 0.5) is 13.2 Å². The summed E-state index contributed by atoms with van der Waals surface area (Å²) in [6.45, 7) is 3.96. The molecule has 21 heavy (non-hydrogen) atoms. The topological polar surface area (TPSA) is 72.2 Å². The molecule has 0 atom stereocenters. The van der Waals surface area contributed by atoms with Crippen molar-refractivity contribution in [1.29, 1.82) is 0 Å². The van der Waals surface area contributed by atoms with E-state index in [4.69, 9.17) is 5.73 Å². The van der Waals surface area contributed by atoms with Crippen LogP contribution in [0.3, 0.4) is 0 Å². The number of halogens is 3. The first-order chi connectivity index (χ1) is 9.49. The number of rotatable bonds is 6. The van der Waals surface area contributed by atoms with E-state index in [0.717, 1.165) is 18.2 Å². The molecule has 0 aliphatic carbocycles. The molecule has 0 heterocycles. The summed E-state index contributed by atoms with van der Waals surface area (Å²) in [5, 5.41) is 0. The molecular formula is C13H19F3N2O2S. The van der Waals surface area contributed by atoms with Crippen molar-refractivity contribution in [3.8, 4) is 0 Å². The highest BCUT2D eigenvalue weighted by Crippen LogP contribution is 2.34. The fraction of sp³-hybridized carbons (Fsp3) is 0.538. The van der Waals surface area contributed by atoms with Gasteiger partial charge in [0, 0.05) is 6.54 Å². The van der Waals surface area contributed by atoms with E-state index in [0.29, 0.717) is 13.0 Å². The molecule has 4 nitrogen and oxygen atoms in total. The van der Waals surface area contributed by atoms with Crippen LogP contribution in [0.25, 0.3) is 0 Å². The molecule has 0 amide bonds. The molecule has 3 N–H and O–H groups in total. The van der Waals surface area contributed by atoms with Gasteiger partial charge >= 0.3 is 6.18 Å². The van der Waals surface area contributed by atoms with Gasteiger partial charge in [0.2, 0.25) is 10.0 Å². The average molecular weight is 324 g/mol. The van der Waals surface area contributed by atoms with Gasteiger partial charge in [0.25, 0.3) is 0 Å². The van der Waals surface area contributed by atoms with E-state index in [1.807, 2.05) is 0 Å². The molecule has 8 heteroatoms. The molecule has 0 aliphatic heterocycles. The van der Waals surface area contributed by atoms with Crippen LogP contribution >= 0.6 is 0 Å². The number of alkyl halides is 3. The average Bonchev–Trinajstić information content (AvgIpc) is 2.36. The van der Waals surface area contributed by atoms with Gasteiger partial charge in [-0.1, -0.05) is 26.0 Å². The van der Waals surface area contributed by atoms with Crippen molar-refractivity contribution in [2.24, 2.45) is 11.1 Å². The molecule has 0 radical (unpaired) electrons. The van der Waals surface area contributed by atoms with Gasteiger partial charge in [-0.05, 0) is 30.5 Å². The SMILES string of the molecule is CC(C)(CCN)CNS(=O)(=O)c1ccccc1C(F)(F)F. The lowest BCUT2D eigenvalue weighted by atomic mass is 9.90. The Morgan fingerprint density at radius 3 is 2.29 bits per heavy atom. The van der Waals surface area contributed by atoms with Crippen LogP contribution < -0.4 is 10.5 Å². The second-order valence-electron chi connectivity index (χ2n) is 5.52. The Labute approximate surface area is 122 Å². The van der Waals surface area contributed by atoms with Crippen molar-refractivity contribution in [3.05, 3.63) is 29.8 Å². The zero-order valence-corrected chi connectivity index (χ0v) is 12.7. The standard InChI is InChI=1S/C13H19F3N2O2S/c1-12(2,7-8-17)9-18-21(19,20)11-6-4-3-5-10(11)13(14,15)16/h3-6,18H,7-9,17H2,1-2H3. The Morgan fingerprint density at radius 1 is 1.19 bits per heavy atom. The molecule has 0 saturated carbocycles. The van der Waals surface area contributed by atoms with Gasteiger partial charge in [-0.3, -0.25) is 0 Å². The second-order valence-corrected chi connectivity index (χ2v) is 7.26. The zero-order valence-electron chi connectivity index (χ0n) is 11.9. The summed E-state index contributed by atoms with van der Waals surface area (Å²) >= 11 is 0. The Morgan fingerprint density at radius 2 is 1.76 bits per heavy atom. The van der Waals surface area contributed by atoms with Crippen molar-refractivity contribution in [1.82, 2.24) is 4.72 Å². The molecule has 0 aromatic heterocycles. The van der Waals surface area contributed by atoms with E-state index in [-0.39, 0.29) is 6.54 Å². The van der Waals surface area contributed by atoms with Gasteiger partial charge in [-0.2, -0.15) is 13.2 Å². The van der Waals surface area contributed by atoms with Crippen molar-refractivity contribution in [2.45, 2.75) is 31.3 Å². The summed E-state index contributed by atoms with van der Waals surface area (Å²) in [6.07, 6.45) is -4.17. The molecule has 0 bridgehead atoms. The van der Waals surface area contributed by atoms with Gasteiger partial charge < -0.3 is 5.73 Å². The molecule has 120 valence electrons. The lowest BCUT2D eigenvalue weighted by molar-refractivity contribution is -0.139. The first-order valence-corrected chi connectivity index (χ1v) is 7.84. The normalized spacial score (nSPS) is 13.4. The van der Waals surface area contributed by atoms with Crippen LogP contribution in [0.15, 0.2) is 29.2 Å². The summed E-state index contributed by atoms with van der Waals surface area (Å²) in [5.74, 6) is 0. The van der Waals surface area contributed by atoms with Crippen LogP contribution in [-0.2, 0) is 16.2 Å². The maximum Gasteiger partial charge on any atom is 0.417 e. The minimum atomic E-state index is -4.72. The van der Waals surface area contributed by atoms with Crippen LogP contribution in [0.1, 0.15) is 25.8 Å². The van der Waals surface area contributed by atoms with E-state index in [2.05, 4.69) is 4.72 Å². The highest BCUT2D eigenvalue weighted by atomic mass is 32.2. The maximum absolute atomic E-state index is 12.9. The number of nitrogens with one attached hydrogen (secondary N) is 1. The van der Waals surface area contributed by atoms with Gasteiger partial charge in [0.15, 0.2) is 0 Å². The summed E-state index contributed by atoms with van der Waals surface area (Å²) in [6, 6.07) is 4.11. The Balaban J connectivity index is 3.05. The quantitative estimate of drug-likeness (QED) is 0.844. The second kappa shape index (κ2) is 6.33. The molecule has 0 unspecified atom stereocenters. The highest BCUT2D eigenvalue weighted by molar-refractivity contribution is 7.89. The first-order valence-electron chi connectivity index (χ1n) is 6.35. The maximum atomic E-state index is 12.9. The number of benzene rings is 1.